The molecule has 1 aromatic rings. The van der Waals surface area contributed by atoms with Crippen LogP contribution in [0.1, 0.15) is 38.7 Å². The maximum absolute atomic E-state index is 13.5. The van der Waals surface area contributed by atoms with Gasteiger partial charge in [-0.15, -0.1) is 0 Å². The van der Waals surface area contributed by atoms with Gasteiger partial charge in [-0.25, -0.2) is 0 Å². The second-order valence-electron chi connectivity index (χ2n) is 8.79. The topological polar surface area (TPSA) is 105 Å². The first-order valence-corrected chi connectivity index (χ1v) is 11.0. The summed E-state index contributed by atoms with van der Waals surface area (Å²) in [6, 6.07) is 8.69. The van der Waals surface area contributed by atoms with E-state index in [0.717, 1.165) is 5.56 Å². The maximum Gasteiger partial charge on any atom is 0.312 e. The highest BCUT2D eigenvalue weighted by molar-refractivity contribution is 5.98. The predicted octanol–water partition coefficient (Wildman–Crippen LogP) is 1.01. The summed E-state index contributed by atoms with van der Waals surface area (Å²) in [5, 5.41) is 12.3. The third-order valence-electron chi connectivity index (χ3n) is 6.93. The van der Waals surface area contributed by atoms with E-state index in [1.54, 1.807) is 6.92 Å². The number of hydrogen-bond acceptors (Lipinski definition) is 6. The first-order valence-electron chi connectivity index (χ1n) is 11.0. The number of hydrogen-bond donors (Lipinski definition) is 2. The number of ether oxygens (including phenoxy) is 2. The van der Waals surface area contributed by atoms with E-state index in [4.69, 9.17) is 9.47 Å². The summed E-state index contributed by atoms with van der Waals surface area (Å²) < 4.78 is 11.7. The van der Waals surface area contributed by atoms with Crippen molar-refractivity contribution in [3.63, 3.8) is 0 Å². The van der Waals surface area contributed by atoms with Crippen molar-refractivity contribution in [3.8, 4) is 0 Å². The van der Waals surface area contributed by atoms with E-state index in [1.165, 1.54) is 4.90 Å². The zero-order chi connectivity index (χ0) is 22.2. The molecule has 2 amide bonds. The van der Waals surface area contributed by atoms with Gasteiger partial charge in [-0.1, -0.05) is 30.3 Å². The average Bonchev–Trinajstić information content (AvgIpc) is 3.32. The van der Waals surface area contributed by atoms with Crippen molar-refractivity contribution in [3.05, 3.63) is 35.9 Å². The quantitative estimate of drug-likeness (QED) is 0.597. The number of amides is 2. The summed E-state index contributed by atoms with van der Waals surface area (Å²) in [7, 11) is 0. The van der Waals surface area contributed by atoms with Crippen molar-refractivity contribution in [2.75, 3.05) is 19.8 Å². The minimum atomic E-state index is -1.06. The molecule has 1 spiro atoms. The summed E-state index contributed by atoms with van der Waals surface area (Å²) in [6.07, 6.45) is 1.45. The van der Waals surface area contributed by atoms with Gasteiger partial charge in [0.05, 0.1) is 18.1 Å². The maximum atomic E-state index is 13.5. The Morgan fingerprint density at radius 3 is 2.71 bits per heavy atom. The molecule has 3 aliphatic rings. The number of nitrogens with zero attached hydrogens (tertiary/aromatic N) is 1. The molecule has 3 aliphatic heterocycles. The molecule has 168 valence electrons. The summed E-state index contributed by atoms with van der Waals surface area (Å²) >= 11 is 0. The molecule has 5 atom stereocenters. The smallest absolute Gasteiger partial charge is 0.312 e. The molecule has 8 heteroatoms. The van der Waals surface area contributed by atoms with Gasteiger partial charge in [0.15, 0.2) is 0 Å². The fraction of sp³-hybridized carbons (Fsp3) is 0.609. The van der Waals surface area contributed by atoms with Gasteiger partial charge in [0, 0.05) is 19.7 Å². The van der Waals surface area contributed by atoms with Gasteiger partial charge < -0.3 is 24.8 Å². The largest absolute Gasteiger partial charge is 0.466 e. The molecule has 2 N–H and O–H groups in total. The van der Waals surface area contributed by atoms with Crippen LogP contribution in [0.4, 0.5) is 0 Å². The van der Waals surface area contributed by atoms with Gasteiger partial charge in [-0.05, 0) is 38.7 Å². The molecule has 0 radical (unpaired) electrons. The Kier molecular flexibility index (Phi) is 5.79. The SMILES string of the molecule is CCOC(=O)[C@H]1[C@H]2C(=O)N(CCCO)C(C(=O)NCc3ccccc3)C23CC[C@]1(C)O3. The van der Waals surface area contributed by atoms with Crippen molar-refractivity contribution < 1.29 is 29.0 Å². The molecule has 1 aromatic carbocycles. The Morgan fingerprint density at radius 2 is 2.03 bits per heavy atom. The molecule has 0 aromatic heterocycles. The van der Waals surface area contributed by atoms with E-state index >= 15 is 0 Å². The lowest BCUT2D eigenvalue weighted by Gasteiger charge is -2.33. The monoisotopic (exact) mass is 430 g/mol. The summed E-state index contributed by atoms with van der Waals surface area (Å²) in [4.78, 5) is 41.2. The van der Waals surface area contributed by atoms with Crippen LogP contribution < -0.4 is 5.32 Å². The van der Waals surface area contributed by atoms with Crippen molar-refractivity contribution in [2.45, 2.75) is 56.9 Å². The van der Waals surface area contributed by atoms with Crippen LogP contribution in [0.25, 0.3) is 0 Å². The Balaban J connectivity index is 1.65. The van der Waals surface area contributed by atoms with Crippen molar-refractivity contribution in [1.29, 1.82) is 0 Å². The predicted molar refractivity (Wildman–Crippen MR) is 111 cm³/mol. The average molecular weight is 431 g/mol. The summed E-state index contributed by atoms with van der Waals surface area (Å²) in [5.41, 5.74) is -0.934. The lowest BCUT2D eigenvalue weighted by atomic mass is 9.66. The molecule has 3 fully saturated rings. The van der Waals surface area contributed by atoms with E-state index in [2.05, 4.69) is 5.32 Å². The third-order valence-corrected chi connectivity index (χ3v) is 6.93. The van der Waals surface area contributed by atoms with Gasteiger partial charge >= 0.3 is 5.97 Å². The van der Waals surface area contributed by atoms with E-state index in [1.807, 2.05) is 37.3 Å². The molecule has 2 bridgehead atoms. The lowest BCUT2D eigenvalue weighted by molar-refractivity contribution is -0.159. The Hall–Kier alpha value is -2.45. The van der Waals surface area contributed by atoms with Gasteiger partial charge in [-0.2, -0.15) is 0 Å². The number of likely N-dealkylation sites (tertiary alicyclic amines) is 1. The van der Waals surface area contributed by atoms with Crippen LogP contribution in [0.2, 0.25) is 0 Å². The normalized spacial score (nSPS) is 33.5. The van der Waals surface area contributed by atoms with Crippen LogP contribution in [0.5, 0.6) is 0 Å². The second kappa shape index (κ2) is 8.24. The Bertz CT molecular complexity index is 861. The highest BCUT2D eigenvalue weighted by Crippen LogP contribution is 2.63. The summed E-state index contributed by atoms with van der Waals surface area (Å²) in [6.45, 7) is 4.25. The molecule has 3 heterocycles. The van der Waals surface area contributed by atoms with E-state index in [9.17, 15) is 19.5 Å². The fourth-order valence-electron chi connectivity index (χ4n) is 5.68. The minimum Gasteiger partial charge on any atom is -0.466 e. The van der Waals surface area contributed by atoms with Crippen LogP contribution in [0.15, 0.2) is 30.3 Å². The highest BCUT2D eigenvalue weighted by atomic mass is 16.6. The molecule has 31 heavy (non-hydrogen) atoms. The number of benzene rings is 1. The number of esters is 1. The minimum absolute atomic E-state index is 0.0975. The van der Waals surface area contributed by atoms with Crippen LogP contribution >= 0.6 is 0 Å². The van der Waals surface area contributed by atoms with Gasteiger partial charge in [-0.3, -0.25) is 14.4 Å². The van der Waals surface area contributed by atoms with Crippen LogP contribution in [0.3, 0.4) is 0 Å². The van der Waals surface area contributed by atoms with Gasteiger partial charge in [0.1, 0.15) is 17.6 Å². The number of aliphatic hydroxyl groups is 1. The molecular weight excluding hydrogens is 400 g/mol. The second-order valence-corrected chi connectivity index (χ2v) is 8.79. The Morgan fingerprint density at radius 1 is 1.29 bits per heavy atom. The number of rotatable bonds is 8. The first-order chi connectivity index (χ1) is 14.9. The Labute approximate surface area is 181 Å². The van der Waals surface area contributed by atoms with Crippen molar-refractivity contribution in [1.82, 2.24) is 10.2 Å². The van der Waals surface area contributed by atoms with Crippen molar-refractivity contribution >= 4 is 17.8 Å². The molecule has 0 saturated carbocycles. The number of carbonyl (C=O) groups is 3. The van der Waals surface area contributed by atoms with Gasteiger partial charge in [0.25, 0.3) is 0 Å². The number of nitrogens with one attached hydrogen (secondary N) is 1. The zero-order valence-corrected chi connectivity index (χ0v) is 18.0. The molecule has 0 aliphatic carbocycles. The van der Waals surface area contributed by atoms with Crippen LogP contribution in [-0.4, -0.2) is 64.8 Å². The highest BCUT2D eigenvalue weighted by Gasteiger charge is 2.78. The molecule has 8 nitrogen and oxygen atoms in total. The first kappa shape index (κ1) is 21.8. The van der Waals surface area contributed by atoms with E-state index in [0.29, 0.717) is 25.8 Å². The van der Waals surface area contributed by atoms with Crippen LogP contribution in [0, 0.1) is 11.8 Å². The standard InChI is InChI=1S/C23H30N2O6/c1-3-30-21(29)17-16-20(28)25(12-7-13-26)18(23(16)11-10-22(17,2)31-23)19(27)24-14-15-8-5-4-6-9-15/h4-6,8-9,16-18,26H,3,7,10-14H2,1-2H3,(H,24,27)/t16-,17+,18?,22-,23?/m0/s1. The molecule has 3 saturated heterocycles. The van der Waals surface area contributed by atoms with Gasteiger partial charge in [0.2, 0.25) is 11.8 Å². The number of fused-ring (bicyclic) bond motifs is 1. The van der Waals surface area contributed by atoms with E-state index in [-0.39, 0.29) is 31.6 Å². The lowest BCUT2D eigenvalue weighted by Crippen LogP contribution is -2.55. The zero-order valence-electron chi connectivity index (χ0n) is 18.0. The summed E-state index contributed by atoms with van der Waals surface area (Å²) in [5.74, 6) is -2.51. The number of aliphatic hydroxyl groups excluding tert-OH is 1. The fourth-order valence-corrected chi connectivity index (χ4v) is 5.68. The van der Waals surface area contributed by atoms with E-state index < -0.39 is 35.0 Å². The van der Waals surface area contributed by atoms with Crippen LogP contribution in [-0.2, 0) is 30.4 Å². The number of carbonyl (C=O) groups excluding carboxylic acids is 3. The molecule has 4 rings (SSSR count). The third kappa shape index (κ3) is 3.42. The van der Waals surface area contributed by atoms with Crippen molar-refractivity contribution in [2.24, 2.45) is 11.8 Å². The molecule has 2 unspecified atom stereocenters. The molecular formula is C23H30N2O6.